The van der Waals surface area contributed by atoms with Crippen LogP contribution in [0.25, 0.3) is 10.6 Å². The van der Waals surface area contributed by atoms with Crippen LogP contribution in [0.15, 0.2) is 60.0 Å². The van der Waals surface area contributed by atoms with Crippen LogP contribution >= 0.6 is 11.3 Å². The van der Waals surface area contributed by atoms with Gasteiger partial charge in [0, 0.05) is 38.1 Å². The smallest absolute Gasteiger partial charge is 0.273 e. The molecule has 0 aliphatic carbocycles. The van der Waals surface area contributed by atoms with Gasteiger partial charge in [-0.2, -0.15) is 0 Å². The summed E-state index contributed by atoms with van der Waals surface area (Å²) in [5.41, 5.74) is 2.28. The molecule has 3 aromatic rings. The number of aliphatic hydroxyl groups is 1. The summed E-state index contributed by atoms with van der Waals surface area (Å²) in [7, 11) is 1.63. The van der Waals surface area contributed by atoms with E-state index in [0.29, 0.717) is 25.3 Å². The van der Waals surface area contributed by atoms with E-state index in [2.05, 4.69) is 9.88 Å². The Morgan fingerprint density at radius 3 is 2.53 bits per heavy atom. The number of amides is 1. The topological polar surface area (TPSA) is 65.9 Å². The molecule has 1 aliphatic rings. The van der Waals surface area contributed by atoms with E-state index in [1.54, 1.807) is 7.11 Å². The number of hydrogen-bond donors (Lipinski definition) is 1. The second-order valence-corrected chi connectivity index (χ2v) is 8.12. The summed E-state index contributed by atoms with van der Waals surface area (Å²) >= 11 is 1.45. The number of para-hydroxylation sites is 1. The van der Waals surface area contributed by atoms with Crippen LogP contribution in [0.1, 0.15) is 22.2 Å². The highest BCUT2D eigenvalue weighted by molar-refractivity contribution is 7.13. The van der Waals surface area contributed by atoms with Crippen LogP contribution in [0.3, 0.4) is 0 Å². The number of carbonyl (C=O) groups is 1. The Balaban J connectivity index is 1.35. The van der Waals surface area contributed by atoms with Crippen molar-refractivity contribution in [2.24, 2.45) is 0 Å². The molecule has 1 unspecified atom stereocenters. The van der Waals surface area contributed by atoms with Gasteiger partial charge in [-0.15, -0.1) is 11.3 Å². The van der Waals surface area contributed by atoms with Crippen molar-refractivity contribution in [1.82, 2.24) is 14.8 Å². The Bertz CT molecular complexity index is 984. The third kappa shape index (κ3) is 4.53. The van der Waals surface area contributed by atoms with Gasteiger partial charge < -0.3 is 14.7 Å². The highest BCUT2D eigenvalue weighted by atomic mass is 32.1. The molecule has 1 N–H and O–H groups in total. The van der Waals surface area contributed by atoms with Gasteiger partial charge in [0.05, 0.1) is 18.8 Å². The zero-order valence-electron chi connectivity index (χ0n) is 16.9. The van der Waals surface area contributed by atoms with E-state index in [9.17, 15) is 9.90 Å². The third-order valence-electron chi connectivity index (χ3n) is 5.34. The number of aromatic nitrogens is 1. The van der Waals surface area contributed by atoms with Gasteiger partial charge in [-0.1, -0.05) is 42.5 Å². The van der Waals surface area contributed by atoms with Crippen molar-refractivity contribution in [2.45, 2.75) is 6.10 Å². The Morgan fingerprint density at radius 1 is 1.10 bits per heavy atom. The number of carbonyl (C=O) groups excluding carboxylic acids is 1. The van der Waals surface area contributed by atoms with Gasteiger partial charge in [-0.25, -0.2) is 4.98 Å². The van der Waals surface area contributed by atoms with Crippen molar-refractivity contribution in [2.75, 3.05) is 39.8 Å². The maximum atomic E-state index is 12.9. The van der Waals surface area contributed by atoms with E-state index in [-0.39, 0.29) is 5.91 Å². The summed E-state index contributed by atoms with van der Waals surface area (Å²) in [5, 5.41) is 13.0. The number of benzene rings is 2. The lowest BCUT2D eigenvalue weighted by atomic mass is 10.1. The molecule has 7 heteroatoms. The summed E-state index contributed by atoms with van der Waals surface area (Å²) in [4.78, 5) is 21.5. The third-order valence-corrected chi connectivity index (χ3v) is 6.21. The molecule has 0 radical (unpaired) electrons. The average molecular weight is 424 g/mol. The van der Waals surface area contributed by atoms with E-state index < -0.39 is 6.10 Å². The molecule has 1 atom stereocenters. The van der Waals surface area contributed by atoms with E-state index in [1.807, 2.05) is 64.9 Å². The minimum absolute atomic E-state index is 0.0457. The number of piperazine rings is 1. The summed E-state index contributed by atoms with van der Waals surface area (Å²) in [5.74, 6) is 0.701. The fourth-order valence-electron chi connectivity index (χ4n) is 3.64. The maximum Gasteiger partial charge on any atom is 0.273 e. The van der Waals surface area contributed by atoms with Gasteiger partial charge in [0.15, 0.2) is 0 Å². The molecule has 6 nitrogen and oxygen atoms in total. The predicted molar refractivity (Wildman–Crippen MR) is 118 cm³/mol. The molecule has 0 bridgehead atoms. The first-order valence-electron chi connectivity index (χ1n) is 9.99. The number of methoxy groups -OCH3 is 1. The molecule has 1 aliphatic heterocycles. The van der Waals surface area contributed by atoms with Gasteiger partial charge >= 0.3 is 0 Å². The lowest BCUT2D eigenvalue weighted by Gasteiger charge is -2.35. The quantitative estimate of drug-likeness (QED) is 0.659. The SMILES string of the molecule is COc1ccccc1-c1nc(C(=O)N2CCN(CC(O)c3ccccc3)CC2)cs1. The summed E-state index contributed by atoms with van der Waals surface area (Å²) in [6.45, 7) is 3.29. The monoisotopic (exact) mass is 423 g/mol. The molecule has 0 spiro atoms. The number of hydrogen-bond acceptors (Lipinski definition) is 6. The van der Waals surface area contributed by atoms with Crippen molar-refractivity contribution in [3.63, 3.8) is 0 Å². The van der Waals surface area contributed by atoms with Gasteiger partial charge in [-0.05, 0) is 17.7 Å². The number of thiazole rings is 1. The normalized spacial score (nSPS) is 15.7. The molecular weight excluding hydrogens is 398 g/mol. The lowest BCUT2D eigenvalue weighted by molar-refractivity contribution is 0.0523. The van der Waals surface area contributed by atoms with Crippen molar-refractivity contribution < 1.29 is 14.6 Å². The van der Waals surface area contributed by atoms with Crippen LogP contribution in [0.2, 0.25) is 0 Å². The summed E-state index contributed by atoms with van der Waals surface area (Å²) < 4.78 is 5.41. The molecule has 1 saturated heterocycles. The van der Waals surface area contributed by atoms with Crippen LogP contribution < -0.4 is 4.74 Å². The molecule has 30 heavy (non-hydrogen) atoms. The second kappa shape index (κ2) is 9.38. The highest BCUT2D eigenvalue weighted by Crippen LogP contribution is 2.32. The van der Waals surface area contributed by atoms with E-state index >= 15 is 0 Å². The number of aliphatic hydroxyl groups excluding tert-OH is 1. The van der Waals surface area contributed by atoms with Crippen LogP contribution in [0, 0.1) is 0 Å². The Kier molecular flexibility index (Phi) is 6.42. The fraction of sp³-hybridized carbons (Fsp3) is 0.304. The van der Waals surface area contributed by atoms with Crippen molar-refractivity contribution in [3.05, 3.63) is 71.2 Å². The summed E-state index contributed by atoms with van der Waals surface area (Å²) in [6, 6.07) is 17.4. The molecule has 1 fully saturated rings. The number of β-amino-alcohol motifs (C(OH)–C–C–N with tert-alkyl or cyclic N) is 1. The van der Waals surface area contributed by atoms with Gasteiger partial charge in [0.25, 0.3) is 5.91 Å². The zero-order valence-corrected chi connectivity index (χ0v) is 17.7. The molecule has 1 amide bonds. The number of ether oxygens (including phenoxy) is 1. The Morgan fingerprint density at radius 2 is 1.80 bits per heavy atom. The number of rotatable bonds is 6. The lowest BCUT2D eigenvalue weighted by Crippen LogP contribution is -2.49. The van der Waals surface area contributed by atoms with Crippen molar-refractivity contribution >= 4 is 17.2 Å². The first-order valence-corrected chi connectivity index (χ1v) is 10.9. The highest BCUT2D eigenvalue weighted by Gasteiger charge is 2.25. The molecule has 2 aromatic carbocycles. The van der Waals surface area contributed by atoms with E-state index in [1.165, 1.54) is 11.3 Å². The van der Waals surface area contributed by atoms with Crippen molar-refractivity contribution in [1.29, 1.82) is 0 Å². The molecule has 0 saturated carbocycles. The van der Waals surface area contributed by atoms with Crippen LogP contribution in [-0.4, -0.2) is 65.6 Å². The molecule has 156 valence electrons. The largest absolute Gasteiger partial charge is 0.496 e. The molecule has 4 rings (SSSR count). The zero-order chi connectivity index (χ0) is 20.9. The van der Waals surface area contributed by atoms with Crippen molar-refractivity contribution in [3.8, 4) is 16.3 Å². The van der Waals surface area contributed by atoms with E-state index in [4.69, 9.17) is 4.74 Å². The minimum atomic E-state index is -0.518. The average Bonchev–Trinajstić information content (AvgIpc) is 3.30. The first-order chi connectivity index (χ1) is 14.7. The molecular formula is C23H25N3O3S. The predicted octanol–water partition coefficient (Wildman–Crippen LogP) is 3.31. The van der Waals surface area contributed by atoms with Gasteiger partial charge in [-0.3, -0.25) is 9.69 Å². The molecule has 1 aromatic heterocycles. The second-order valence-electron chi connectivity index (χ2n) is 7.26. The van der Waals surface area contributed by atoms with Crippen LogP contribution in [-0.2, 0) is 0 Å². The van der Waals surface area contributed by atoms with Crippen LogP contribution in [0.4, 0.5) is 0 Å². The van der Waals surface area contributed by atoms with Gasteiger partial charge in [0.2, 0.25) is 0 Å². The van der Waals surface area contributed by atoms with Gasteiger partial charge in [0.1, 0.15) is 16.5 Å². The van der Waals surface area contributed by atoms with Crippen LogP contribution in [0.5, 0.6) is 5.75 Å². The minimum Gasteiger partial charge on any atom is -0.496 e. The number of nitrogens with zero attached hydrogens (tertiary/aromatic N) is 3. The standard InChI is InChI=1S/C23H25N3O3S/c1-29-21-10-6-5-9-18(21)22-24-19(16-30-22)23(28)26-13-11-25(12-14-26)15-20(27)17-7-3-2-4-8-17/h2-10,16,20,27H,11-15H2,1H3. The maximum absolute atomic E-state index is 12.9. The Labute approximate surface area is 180 Å². The Hall–Kier alpha value is -2.74. The van der Waals surface area contributed by atoms with E-state index in [0.717, 1.165) is 35.0 Å². The summed E-state index contributed by atoms with van der Waals surface area (Å²) in [6.07, 6.45) is -0.518. The fourth-order valence-corrected chi connectivity index (χ4v) is 4.46. The first kappa shape index (κ1) is 20.5. The molecule has 2 heterocycles.